The average Bonchev–Trinajstić information content (AvgIpc) is 2.90. The fraction of sp³-hybridized carbons (Fsp3) is 0.562. The van der Waals surface area contributed by atoms with E-state index in [0.717, 1.165) is 36.1 Å². The summed E-state index contributed by atoms with van der Waals surface area (Å²) in [7, 11) is 0. The van der Waals surface area contributed by atoms with Crippen molar-refractivity contribution in [3.63, 3.8) is 0 Å². The van der Waals surface area contributed by atoms with E-state index < -0.39 is 9.96 Å². The fourth-order valence-corrected chi connectivity index (χ4v) is 4.64. The Labute approximate surface area is 182 Å². The van der Waals surface area contributed by atoms with Crippen LogP contribution < -0.4 is 16.0 Å². The van der Waals surface area contributed by atoms with Crippen molar-refractivity contribution in [1.29, 1.82) is 0 Å². The molecule has 150 valence electrons. The molecular weight excluding hydrogens is 453 g/mol. The van der Waals surface area contributed by atoms with E-state index in [9.17, 15) is 9.59 Å². The van der Waals surface area contributed by atoms with Crippen molar-refractivity contribution < 1.29 is 14.3 Å². The van der Waals surface area contributed by atoms with E-state index in [2.05, 4.69) is 16.0 Å². The monoisotopic (exact) mass is 471 g/mol. The van der Waals surface area contributed by atoms with Crippen LogP contribution in [0.1, 0.15) is 47.5 Å². The van der Waals surface area contributed by atoms with Crippen molar-refractivity contribution in [3.8, 4) is 0 Å². The maximum Gasteiger partial charge on any atom is 0.341 e. The first kappa shape index (κ1) is 22.5. The van der Waals surface area contributed by atoms with Crippen molar-refractivity contribution in [2.24, 2.45) is 0 Å². The quantitative estimate of drug-likeness (QED) is 0.261. The molecule has 1 aromatic heterocycles. The molecule has 0 saturated carbocycles. The Morgan fingerprint density at radius 3 is 2.52 bits per heavy atom. The number of hydrogen-bond acceptors (Lipinski definition) is 5. The predicted molar refractivity (Wildman–Crippen MR) is 114 cm³/mol. The van der Waals surface area contributed by atoms with Gasteiger partial charge in [-0.3, -0.25) is 4.79 Å². The molecule has 11 heteroatoms. The predicted octanol–water partition coefficient (Wildman–Crippen LogP) is 3.92. The lowest BCUT2D eigenvalue weighted by atomic mass is 9.95. The molecule has 3 N–H and O–H groups in total. The van der Waals surface area contributed by atoms with Crippen LogP contribution in [0.2, 0.25) is 0 Å². The number of halogens is 3. The van der Waals surface area contributed by atoms with E-state index >= 15 is 0 Å². The van der Waals surface area contributed by atoms with Gasteiger partial charge in [0.25, 0.3) is 0 Å². The number of rotatable bonds is 5. The molecule has 0 bridgehead atoms. The highest BCUT2D eigenvalue weighted by atomic mass is 35.6. The lowest BCUT2D eigenvalue weighted by Crippen LogP contribution is -2.55. The molecule has 27 heavy (non-hydrogen) atoms. The zero-order valence-corrected chi connectivity index (χ0v) is 18.7. The molecule has 1 aliphatic carbocycles. The molecule has 1 amide bonds. The summed E-state index contributed by atoms with van der Waals surface area (Å²) in [6, 6.07) is 0. The second-order valence-electron chi connectivity index (χ2n) is 5.91. The Bertz CT molecular complexity index is 734. The SMILES string of the molecule is CCOC(=O)c1c(NC(=S)NC(NC(C)=O)C(Cl)(Cl)Cl)sc2c1CCCC2. The third-order valence-electron chi connectivity index (χ3n) is 3.83. The van der Waals surface area contributed by atoms with E-state index in [-0.39, 0.29) is 23.6 Å². The third-order valence-corrected chi connectivity index (χ3v) is 5.91. The molecular formula is C16H20Cl3N3O3S2. The molecule has 0 fully saturated rings. The summed E-state index contributed by atoms with van der Waals surface area (Å²) >= 11 is 24.4. The normalized spacial score (nSPS) is 14.7. The number of aryl methyl sites for hydroxylation is 1. The Morgan fingerprint density at radius 2 is 1.93 bits per heavy atom. The molecule has 6 nitrogen and oxygen atoms in total. The number of alkyl halides is 3. The van der Waals surface area contributed by atoms with E-state index in [1.54, 1.807) is 6.92 Å². The first-order chi connectivity index (χ1) is 12.6. The number of fused-ring (bicyclic) bond motifs is 1. The Balaban J connectivity index is 2.22. The largest absolute Gasteiger partial charge is 0.462 e. The van der Waals surface area contributed by atoms with Crippen LogP contribution in [0.15, 0.2) is 0 Å². The summed E-state index contributed by atoms with van der Waals surface area (Å²) in [5.41, 5.74) is 1.51. The number of nitrogens with one attached hydrogen (secondary N) is 3. The molecule has 2 rings (SSSR count). The zero-order chi connectivity index (χ0) is 20.2. The molecule has 0 aliphatic heterocycles. The summed E-state index contributed by atoms with van der Waals surface area (Å²) in [5, 5.41) is 8.94. The summed E-state index contributed by atoms with van der Waals surface area (Å²) in [4.78, 5) is 25.0. The fourth-order valence-electron chi connectivity index (χ4n) is 2.75. The van der Waals surface area contributed by atoms with Crippen molar-refractivity contribution in [3.05, 3.63) is 16.0 Å². The van der Waals surface area contributed by atoms with Gasteiger partial charge in [-0.25, -0.2) is 4.79 Å². The standard InChI is InChI=1S/C16H20Cl3N3O3S2/c1-3-25-13(24)11-9-6-4-5-7-10(9)27-12(11)21-15(26)22-14(16(17,18)19)20-8(2)23/h14H,3-7H2,1-2H3,(H,20,23)(H2,21,22,26). The van der Waals surface area contributed by atoms with Crippen LogP contribution in [0.3, 0.4) is 0 Å². The number of anilines is 1. The van der Waals surface area contributed by atoms with Gasteiger partial charge in [0, 0.05) is 11.8 Å². The Hall–Kier alpha value is -0.800. The van der Waals surface area contributed by atoms with Gasteiger partial charge in [0.05, 0.1) is 12.2 Å². The first-order valence-corrected chi connectivity index (χ1v) is 10.7. The van der Waals surface area contributed by atoms with Crippen LogP contribution in [-0.2, 0) is 22.4 Å². The molecule has 1 unspecified atom stereocenters. The number of carbonyl (C=O) groups is 2. The Morgan fingerprint density at radius 1 is 1.26 bits per heavy atom. The first-order valence-electron chi connectivity index (χ1n) is 8.36. The van der Waals surface area contributed by atoms with E-state index in [1.165, 1.54) is 18.3 Å². The molecule has 1 heterocycles. The molecule has 0 spiro atoms. The minimum absolute atomic E-state index is 0.115. The van der Waals surface area contributed by atoms with Gasteiger partial charge < -0.3 is 20.7 Å². The van der Waals surface area contributed by atoms with Gasteiger partial charge in [-0.1, -0.05) is 34.8 Å². The van der Waals surface area contributed by atoms with Crippen molar-refractivity contribution in [1.82, 2.24) is 10.6 Å². The van der Waals surface area contributed by atoms with Gasteiger partial charge in [0.2, 0.25) is 9.70 Å². The number of esters is 1. The second-order valence-corrected chi connectivity index (χ2v) is 9.79. The topological polar surface area (TPSA) is 79.5 Å². The van der Waals surface area contributed by atoms with Crippen LogP contribution in [0.5, 0.6) is 0 Å². The van der Waals surface area contributed by atoms with E-state index in [4.69, 9.17) is 51.8 Å². The maximum absolute atomic E-state index is 12.5. The molecule has 1 aliphatic rings. The third kappa shape index (κ3) is 6.09. The van der Waals surface area contributed by atoms with Gasteiger partial charge in [-0.05, 0) is 50.4 Å². The number of thiocarbonyl (C=S) groups is 1. The molecule has 1 aromatic rings. The molecule has 0 saturated heterocycles. The summed E-state index contributed by atoms with van der Waals surface area (Å²) in [5.74, 6) is -0.776. The number of ether oxygens (including phenoxy) is 1. The summed E-state index contributed by atoms with van der Waals surface area (Å²) < 4.78 is 3.38. The Kier molecular flexibility index (Phi) is 8.00. The number of carbonyl (C=O) groups excluding carboxylic acids is 2. The lowest BCUT2D eigenvalue weighted by Gasteiger charge is -2.27. The minimum atomic E-state index is -1.82. The highest BCUT2D eigenvalue weighted by Gasteiger charge is 2.34. The number of hydrogen-bond donors (Lipinski definition) is 3. The van der Waals surface area contributed by atoms with Crippen LogP contribution >= 0.6 is 58.4 Å². The van der Waals surface area contributed by atoms with Crippen LogP contribution in [0, 0.1) is 0 Å². The molecule has 0 aromatic carbocycles. The van der Waals surface area contributed by atoms with Gasteiger partial charge in [-0.2, -0.15) is 0 Å². The van der Waals surface area contributed by atoms with Crippen LogP contribution in [0.4, 0.5) is 5.00 Å². The van der Waals surface area contributed by atoms with Crippen LogP contribution in [-0.4, -0.2) is 33.6 Å². The highest BCUT2D eigenvalue weighted by Crippen LogP contribution is 2.38. The second kappa shape index (κ2) is 9.60. The van der Waals surface area contributed by atoms with Crippen molar-refractivity contribution in [2.75, 3.05) is 11.9 Å². The van der Waals surface area contributed by atoms with E-state index in [0.29, 0.717) is 10.6 Å². The van der Waals surface area contributed by atoms with Gasteiger partial charge >= 0.3 is 5.97 Å². The van der Waals surface area contributed by atoms with Gasteiger partial charge in [0.15, 0.2) is 5.11 Å². The summed E-state index contributed by atoms with van der Waals surface area (Å²) in [6.45, 7) is 3.34. The smallest absolute Gasteiger partial charge is 0.341 e. The minimum Gasteiger partial charge on any atom is -0.462 e. The summed E-state index contributed by atoms with van der Waals surface area (Å²) in [6.07, 6.45) is 2.80. The van der Waals surface area contributed by atoms with Gasteiger partial charge in [0.1, 0.15) is 11.2 Å². The lowest BCUT2D eigenvalue weighted by molar-refractivity contribution is -0.119. The van der Waals surface area contributed by atoms with Gasteiger partial charge in [-0.15, -0.1) is 11.3 Å². The number of thiophene rings is 1. The number of amides is 1. The highest BCUT2D eigenvalue weighted by molar-refractivity contribution is 7.80. The average molecular weight is 473 g/mol. The van der Waals surface area contributed by atoms with Crippen molar-refractivity contribution >= 4 is 80.3 Å². The van der Waals surface area contributed by atoms with Crippen LogP contribution in [0.25, 0.3) is 0 Å². The molecule has 1 atom stereocenters. The molecule has 0 radical (unpaired) electrons. The van der Waals surface area contributed by atoms with E-state index in [1.807, 2.05) is 0 Å². The maximum atomic E-state index is 12.5. The zero-order valence-electron chi connectivity index (χ0n) is 14.8. The van der Waals surface area contributed by atoms with Crippen molar-refractivity contribution in [2.45, 2.75) is 49.5 Å².